The van der Waals surface area contributed by atoms with Gasteiger partial charge in [-0.15, -0.1) is 10.2 Å². The fraction of sp³-hybridized carbons (Fsp3) is 0.364. The minimum atomic E-state index is -0.276. The van der Waals surface area contributed by atoms with Crippen molar-refractivity contribution in [1.82, 2.24) is 20.0 Å². The molecule has 1 aromatic heterocycles. The summed E-state index contributed by atoms with van der Waals surface area (Å²) in [6.45, 7) is 6.86. The molecule has 3 aromatic rings. The van der Waals surface area contributed by atoms with E-state index in [1.807, 2.05) is 0 Å². The van der Waals surface area contributed by atoms with Gasteiger partial charge in [-0.25, -0.2) is 4.39 Å². The summed E-state index contributed by atoms with van der Waals surface area (Å²) in [7, 11) is 0. The van der Waals surface area contributed by atoms with Crippen LogP contribution in [0.5, 0.6) is 0 Å². The maximum atomic E-state index is 13.1. The molecule has 1 aliphatic rings. The number of nitrogens with zero attached hydrogens (tertiary/aromatic N) is 4. The van der Waals surface area contributed by atoms with Crippen LogP contribution in [0.1, 0.15) is 24.8 Å². The van der Waals surface area contributed by atoms with Crippen molar-refractivity contribution >= 4 is 0 Å². The Morgan fingerprint density at radius 3 is 2.64 bits per heavy atom. The zero-order valence-electron chi connectivity index (χ0n) is 16.1. The summed E-state index contributed by atoms with van der Waals surface area (Å²) >= 11 is 0. The Labute approximate surface area is 164 Å². The molecule has 0 saturated carbocycles. The van der Waals surface area contributed by atoms with Gasteiger partial charge in [-0.2, -0.15) is 0 Å². The van der Waals surface area contributed by atoms with Crippen LogP contribution in [0.15, 0.2) is 59.0 Å². The van der Waals surface area contributed by atoms with Gasteiger partial charge >= 0.3 is 0 Å². The number of hydrogen-bond acceptors (Lipinski definition) is 5. The number of hydrogen-bond donors (Lipinski definition) is 0. The number of halogens is 1. The van der Waals surface area contributed by atoms with Gasteiger partial charge in [-0.1, -0.05) is 37.3 Å². The topological polar surface area (TPSA) is 45.4 Å². The van der Waals surface area contributed by atoms with E-state index in [2.05, 4.69) is 57.3 Å². The van der Waals surface area contributed by atoms with Crippen molar-refractivity contribution in [3.63, 3.8) is 0 Å². The molecule has 1 fully saturated rings. The predicted octanol–water partition coefficient (Wildman–Crippen LogP) is 3.97. The van der Waals surface area contributed by atoms with Crippen molar-refractivity contribution in [2.45, 2.75) is 32.5 Å². The summed E-state index contributed by atoms with van der Waals surface area (Å²) in [5.41, 5.74) is 2.09. The van der Waals surface area contributed by atoms with Crippen molar-refractivity contribution in [1.29, 1.82) is 0 Å². The zero-order valence-corrected chi connectivity index (χ0v) is 16.1. The SMILES string of the molecule is CCN(Cc1nnc(-c2ccc(F)cc2)o1)[C@H]1CCN(Cc2ccccc2)C1. The molecule has 5 nitrogen and oxygen atoms in total. The first kappa shape index (κ1) is 18.8. The molecule has 0 unspecified atom stereocenters. The normalized spacial score (nSPS) is 17.5. The Bertz CT molecular complexity index is 881. The third kappa shape index (κ3) is 4.46. The molecule has 1 atom stereocenters. The highest BCUT2D eigenvalue weighted by atomic mass is 19.1. The van der Waals surface area contributed by atoms with E-state index < -0.39 is 0 Å². The highest BCUT2D eigenvalue weighted by Gasteiger charge is 2.28. The van der Waals surface area contributed by atoms with E-state index in [-0.39, 0.29) is 5.82 Å². The van der Waals surface area contributed by atoms with Gasteiger partial charge in [0, 0.05) is 31.2 Å². The first-order chi connectivity index (χ1) is 13.7. The molecule has 0 radical (unpaired) electrons. The van der Waals surface area contributed by atoms with Crippen molar-refractivity contribution in [3.8, 4) is 11.5 Å². The summed E-state index contributed by atoms with van der Waals surface area (Å²) in [6, 6.07) is 17.2. The Morgan fingerprint density at radius 2 is 1.89 bits per heavy atom. The third-order valence-electron chi connectivity index (χ3n) is 5.32. The molecule has 0 spiro atoms. The minimum Gasteiger partial charge on any atom is -0.419 e. The molecular weight excluding hydrogens is 355 g/mol. The van der Waals surface area contributed by atoms with Crippen LogP contribution in [0.2, 0.25) is 0 Å². The van der Waals surface area contributed by atoms with Crippen molar-refractivity contribution in [2.75, 3.05) is 19.6 Å². The number of aromatic nitrogens is 2. The quantitative estimate of drug-likeness (QED) is 0.621. The highest BCUT2D eigenvalue weighted by molar-refractivity contribution is 5.51. The summed E-state index contributed by atoms with van der Waals surface area (Å²) in [4.78, 5) is 4.90. The molecule has 4 rings (SSSR count). The van der Waals surface area contributed by atoms with E-state index in [0.29, 0.717) is 24.4 Å². The van der Waals surface area contributed by atoms with Gasteiger partial charge in [-0.05, 0) is 42.8 Å². The van der Waals surface area contributed by atoms with Crippen LogP contribution < -0.4 is 0 Å². The summed E-state index contributed by atoms with van der Waals surface area (Å²) in [5.74, 6) is 0.757. The van der Waals surface area contributed by atoms with Gasteiger partial charge < -0.3 is 4.42 Å². The van der Waals surface area contributed by atoms with E-state index in [0.717, 1.165) is 38.2 Å². The van der Waals surface area contributed by atoms with Gasteiger partial charge in [0.1, 0.15) is 5.82 Å². The molecule has 1 aliphatic heterocycles. The average molecular weight is 380 g/mol. The first-order valence-electron chi connectivity index (χ1n) is 9.80. The molecule has 1 saturated heterocycles. The molecule has 0 bridgehead atoms. The third-order valence-corrected chi connectivity index (χ3v) is 5.32. The van der Waals surface area contributed by atoms with Gasteiger partial charge in [0.25, 0.3) is 0 Å². The Kier molecular flexibility index (Phi) is 5.78. The van der Waals surface area contributed by atoms with Crippen LogP contribution in [0.25, 0.3) is 11.5 Å². The first-order valence-corrected chi connectivity index (χ1v) is 9.80. The lowest BCUT2D eigenvalue weighted by atomic mass is 10.2. The van der Waals surface area contributed by atoms with E-state index in [1.54, 1.807) is 12.1 Å². The highest BCUT2D eigenvalue weighted by Crippen LogP contribution is 2.22. The van der Waals surface area contributed by atoms with Crippen LogP contribution in [0.4, 0.5) is 4.39 Å². The van der Waals surface area contributed by atoms with Crippen LogP contribution >= 0.6 is 0 Å². The maximum absolute atomic E-state index is 13.1. The van der Waals surface area contributed by atoms with Gasteiger partial charge in [0.2, 0.25) is 11.8 Å². The number of likely N-dealkylation sites (tertiary alicyclic amines) is 1. The smallest absolute Gasteiger partial charge is 0.247 e. The molecule has 2 heterocycles. The van der Waals surface area contributed by atoms with Gasteiger partial charge in [0.05, 0.1) is 6.54 Å². The number of benzene rings is 2. The second-order valence-electron chi connectivity index (χ2n) is 7.23. The fourth-order valence-electron chi connectivity index (χ4n) is 3.79. The largest absolute Gasteiger partial charge is 0.419 e. The van der Waals surface area contributed by atoms with Crippen molar-refractivity contribution in [3.05, 3.63) is 71.9 Å². The molecule has 0 N–H and O–H groups in total. The zero-order chi connectivity index (χ0) is 19.3. The van der Waals surface area contributed by atoms with Gasteiger partial charge in [-0.3, -0.25) is 9.80 Å². The molecular formula is C22H25FN4O. The molecule has 0 aliphatic carbocycles. The summed E-state index contributed by atoms with van der Waals surface area (Å²) in [6.07, 6.45) is 1.14. The van der Waals surface area contributed by atoms with Crippen molar-refractivity contribution in [2.24, 2.45) is 0 Å². The van der Waals surface area contributed by atoms with Crippen molar-refractivity contribution < 1.29 is 8.81 Å². The molecule has 28 heavy (non-hydrogen) atoms. The van der Waals surface area contributed by atoms with E-state index in [1.165, 1.54) is 17.7 Å². The Balaban J connectivity index is 1.36. The Morgan fingerprint density at radius 1 is 1.11 bits per heavy atom. The summed E-state index contributed by atoms with van der Waals surface area (Å²) in [5, 5.41) is 8.32. The predicted molar refractivity (Wildman–Crippen MR) is 106 cm³/mol. The molecule has 6 heteroatoms. The minimum absolute atomic E-state index is 0.276. The number of likely N-dealkylation sites (N-methyl/N-ethyl adjacent to an activating group) is 1. The van der Waals surface area contributed by atoms with E-state index >= 15 is 0 Å². The van der Waals surface area contributed by atoms with Crippen LogP contribution in [-0.4, -0.2) is 45.7 Å². The Hall–Kier alpha value is -2.57. The van der Waals surface area contributed by atoms with Crippen LogP contribution in [0, 0.1) is 5.82 Å². The lowest BCUT2D eigenvalue weighted by molar-refractivity contribution is 0.176. The molecule has 146 valence electrons. The maximum Gasteiger partial charge on any atom is 0.247 e. The lowest BCUT2D eigenvalue weighted by Crippen LogP contribution is -2.37. The second-order valence-corrected chi connectivity index (χ2v) is 7.23. The second kappa shape index (κ2) is 8.63. The lowest BCUT2D eigenvalue weighted by Gasteiger charge is -2.26. The standard InChI is InChI=1S/C22H25FN4O/c1-2-27(20-12-13-26(15-20)14-17-6-4-3-5-7-17)16-21-24-25-22(28-21)18-8-10-19(23)11-9-18/h3-11,20H,2,12-16H2,1H3/t20-/m0/s1. The summed E-state index contributed by atoms with van der Waals surface area (Å²) < 4.78 is 18.9. The van der Waals surface area contributed by atoms with Gasteiger partial charge in [0.15, 0.2) is 0 Å². The van der Waals surface area contributed by atoms with E-state index in [4.69, 9.17) is 4.42 Å². The fourth-order valence-corrected chi connectivity index (χ4v) is 3.79. The molecule has 2 aromatic carbocycles. The number of rotatable bonds is 7. The van der Waals surface area contributed by atoms with Crippen LogP contribution in [0.3, 0.4) is 0 Å². The van der Waals surface area contributed by atoms with Crippen LogP contribution in [-0.2, 0) is 13.1 Å². The monoisotopic (exact) mass is 380 g/mol. The molecule has 0 amide bonds. The van der Waals surface area contributed by atoms with E-state index in [9.17, 15) is 4.39 Å². The average Bonchev–Trinajstić information content (AvgIpc) is 3.37.